The van der Waals surface area contributed by atoms with Crippen LogP contribution in [0.2, 0.25) is 0 Å². The van der Waals surface area contributed by atoms with Crippen LogP contribution in [0.3, 0.4) is 0 Å². The minimum atomic E-state index is -0.630. The maximum atomic E-state index is 13.4. The van der Waals surface area contributed by atoms with Crippen LogP contribution in [0.25, 0.3) is 0 Å². The van der Waals surface area contributed by atoms with E-state index in [1.54, 1.807) is 20.9 Å². The standard InChI is InChI=1S/C11H15F2NO/c1-11(2,7-15)14(3)10-6-8(12)4-5-9(10)13/h4-6,15H,7H2,1-3H3. The normalized spacial score (nSPS) is 11.6. The zero-order valence-electron chi connectivity index (χ0n) is 9.09. The molecule has 1 rings (SSSR count). The van der Waals surface area contributed by atoms with Gasteiger partial charge in [-0.05, 0) is 26.0 Å². The molecule has 1 aromatic carbocycles. The van der Waals surface area contributed by atoms with Crippen LogP contribution in [0.1, 0.15) is 13.8 Å². The van der Waals surface area contributed by atoms with E-state index in [2.05, 4.69) is 0 Å². The first kappa shape index (κ1) is 11.9. The van der Waals surface area contributed by atoms with Gasteiger partial charge >= 0.3 is 0 Å². The molecule has 4 heteroatoms. The average molecular weight is 215 g/mol. The van der Waals surface area contributed by atoms with Crippen molar-refractivity contribution in [2.24, 2.45) is 0 Å². The Kier molecular flexibility index (Phi) is 3.29. The van der Waals surface area contributed by atoms with Crippen LogP contribution < -0.4 is 4.90 Å². The van der Waals surface area contributed by atoms with Crippen LogP contribution >= 0.6 is 0 Å². The van der Waals surface area contributed by atoms with Crippen LogP contribution in [0.4, 0.5) is 14.5 Å². The van der Waals surface area contributed by atoms with Gasteiger partial charge in [-0.25, -0.2) is 8.78 Å². The fourth-order valence-electron chi connectivity index (χ4n) is 1.17. The topological polar surface area (TPSA) is 23.5 Å². The summed E-state index contributed by atoms with van der Waals surface area (Å²) in [5.41, 5.74) is -0.483. The number of benzene rings is 1. The maximum Gasteiger partial charge on any atom is 0.146 e. The zero-order valence-corrected chi connectivity index (χ0v) is 9.09. The summed E-state index contributed by atoms with van der Waals surface area (Å²) in [6.07, 6.45) is 0. The number of rotatable bonds is 3. The lowest BCUT2D eigenvalue weighted by molar-refractivity contribution is 0.215. The van der Waals surface area contributed by atoms with Gasteiger partial charge in [0.1, 0.15) is 11.6 Å². The lowest BCUT2D eigenvalue weighted by Crippen LogP contribution is -2.44. The monoisotopic (exact) mass is 215 g/mol. The SMILES string of the molecule is CN(c1cc(F)ccc1F)C(C)(C)CO. The van der Waals surface area contributed by atoms with Crippen LogP contribution in [-0.4, -0.2) is 24.3 Å². The van der Waals surface area contributed by atoms with Crippen molar-refractivity contribution in [3.8, 4) is 0 Å². The van der Waals surface area contributed by atoms with Crippen molar-refractivity contribution in [3.05, 3.63) is 29.8 Å². The molecule has 0 heterocycles. The number of anilines is 1. The Morgan fingerprint density at radius 2 is 1.93 bits per heavy atom. The van der Waals surface area contributed by atoms with Gasteiger partial charge in [-0.3, -0.25) is 0 Å². The van der Waals surface area contributed by atoms with Gasteiger partial charge in [0.25, 0.3) is 0 Å². The fraction of sp³-hybridized carbons (Fsp3) is 0.455. The van der Waals surface area contributed by atoms with Crippen molar-refractivity contribution in [3.63, 3.8) is 0 Å². The molecule has 0 saturated heterocycles. The van der Waals surface area contributed by atoms with Crippen molar-refractivity contribution in [2.75, 3.05) is 18.6 Å². The Morgan fingerprint density at radius 1 is 1.33 bits per heavy atom. The van der Waals surface area contributed by atoms with E-state index < -0.39 is 17.2 Å². The van der Waals surface area contributed by atoms with Gasteiger partial charge in [0, 0.05) is 13.1 Å². The van der Waals surface area contributed by atoms with Crippen LogP contribution in [0.15, 0.2) is 18.2 Å². The number of halogens is 2. The highest BCUT2D eigenvalue weighted by Gasteiger charge is 2.24. The quantitative estimate of drug-likeness (QED) is 0.835. The van der Waals surface area contributed by atoms with E-state index in [1.165, 1.54) is 4.90 Å². The minimum absolute atomic E-state index is 0.139. The zero-order chi connectivity index (χ0) is 11.6. The number of hydrogen-bond acceptors (Lipinski definition) is 2. The second-order valence-electron chi connectivity index (χ2n) is 4.13. The third-order valence-corrected chi connectivity index (χ3v) is 2.56. The number of aliphatic hydroxyl groups excluding tert-OH is 1. The maximum absolute atomic E-state index is 13.4. The Morgan fingerprint density at radius 3 is 2.47 bits per heavy atom. The highest BCUT2D eigenvalue weighted by molar-refractivity contribution is 5.49. The molecule has 0 saturated carbocycles. The highest BCUT2D eigenvalue weighted by atomic mass is 19.1. The second kappa shape index (κ2) is 4.14. The van der Waals surface area contributed by atoms with Crippen LogP contribution in [0.5, 0.6) is 0 Å². The van der Waals surface area contributed by atoms with Gasteiger partial charge in [-0.15, -0.1) is 0 Å². The lowest BCUT2D eigenvalue weighted by atomic mass is 10.0. The van der Waals surface area contributed by atoms with Crippen molar-refractivity contribution < 1.29 is 13.9 Å². The molecule has 0 radical (unpaired) electrons. The van der Waals surface area contributed by atoms with Crippen LogP contribution in [-0.2, 0) is 0 Å². The van der Waals surface area contributed by atoms with E-state index >= 15 is 0 Å². The molecular weight excluding hydrogens is 200 g/mol. The number of hydrogen-bond donors (Lipinski definition) is 1. The summed E-state index contributed by atoms with van der Waals surface area (Å²) in [6, 6.07) is 3.26. The molecule has 1 N–H and O–H groups in total. The molecule has 0 amide bonds. The van der Waals surface area contributed by atoms with Gasteiger partial charge in [-0.2, -0.15) is 0 Å². The lowest BCUT2D eigenvalue weighted by Gasteiger charge is -2.36. The Balaban J connectivity index is 3.10. The van der Waals surface area contributed by atoms with E-state index in [1.807, 2.05) is 0 Å². The summed E-state index contributed by atoms with van der Waals surface area (Å²) < 4.78 is 26.3. The molecule has 0 unspecified atom stereocenters. The molecule has 2 nitrogen and oxygen atoms in total. The first-order chi connectivity index (χ1) is 6.88. The molecule has 0 bridgehead atoms. The average Bonchev–Trinajstić information content (AvgIpc) is 2.20. The number of likely N-dealkylation sites (N-methyl/N-ethyl adjacent to an activating group) is 1. The fourth-order valence-corrected chi connectivity index (χ4v) is 1.17. The number of nitrogens with zero attached hydrogens (tertiary/aromatic N) is 1. The molecule has 0 atom stereocenters. The molecule has 0 aliphatic rings. The van der Waals surface area contributed by atoms with E-state index in [0.717, 1.165) is 18.2 Å². The van der Waals surface area contributed by atoms with Crippen molar-refractivity contribution in [2.45, 2.75) is 19.4 Å². The predicted molar refractivity (Wildman–Crippen MR) is 55.9 cm³/mol. The van der Waals surface area contributed by atoms with Gasteiger partial charge < -0.3 is 10.0 Å². The Bertz CT molecular complexity index is 352. The predicted octanol–water partition coefficient (Wildman–Crippen LogP) is 2.17. The van der Waals surface area contributed by atoms with E-state index in [-0.39, 0.29) is 12.3 Å². The number of aliphatic hydroxyl groups is 1. The smallest absolute Gasteiger partial charge is 0.146 e. The van der Waals surface area contributed by atoms with E-state index in [9.17, 15) is 8.78 Å². The van der Waals surface area contributed by atoms with Gasteiger partial charge in [0.2, 0.25) is 0 Å². The third-order valence-electron chi connectivity index (χ3n) is 2.56. The molecule has 84 valence electrons. The minimum Gasteiger partial charge on any atom is -0.394 e. The van der Waals surface area contributed by atoms with E-state index in [0.29, 0.717) is 0 Å². The molecule has 0 aliphatic carbocycles. The second-order valence-corrected chi connectivity index (χ2v) is 4.13. The highest BCUT2D eigenvalue weighted by Crippen LogP contribution is 2.25. The van der Waals surface area contributed by atoms with Gasteiger partial charge in [-0.1, -0.05) is 0 Å². The summed E-state index contributed by atoms with van der Waals surface area (Å²) in [7, 11) is 1.62. The first-order valence-corrected chi connectivity index (χ1v) is 4.68. The first-order valence-electron chi connectivity index (χ1n) is 4.68. The molecular formula is C11H15F2NO. The van der Waals surface area contributed by atoms with E-state index in [4.69, 9.17) is 5.11 Å². The summed E-state index contributed by atoms with van der Waals surface area (Å²) in [4.78, 5) is 1.52. The Hall–Kier alpha value is -1.16. The van der Waals surface area contributed by atoms with Gasteiger partial charge in [0.05, 0.1) is 17.8 Å². The molecule has 0 spiro atoms. The summed E-state index contributed by atoms with van der Waals surface area (Å²) >= 11 is 0. The molecule has 0 fully saturated rings. The molecule has 0 aliphatic heterocycles. The van der Waals surface area contributed by atoms with Gasteiger partial charge in [0.15, 0.2) is 0 Å². The molecule has 1 aromatic rings. The van der Waals surface area contributed by atoms with Crippen molar-refractivity contribution in [1.29, 1.82) is 0 Å². The Labute approximate surface area is 88.1 Å². The van der Waals surface area contributed by atoms with Crippen molar-refractivity contribution >= 4 is 5.69 Å². The largest absolute Gasteiger partial charge is 0.394 e. The summed E-state index contributed by atoms with van der Waals surface area (Å²) in [6.45, 7) is 3.36. The summed E-state index contributed by atoms with van der Waals surface area (Å²) in [5, 5.41) is 9.13. The molecule has 0 aromatic heterocycles. The third kappa shape index (κ3) is 2.45. The molecule has 15 heavy (non-hydrogen) atoms. The summed E-state index contributed by atoms with van der Waals surface area (Å²) in [5.74, 6) is -0.993. The van der Waals surface area contributed by atoms with Crippen molar-refractivity contribution in [1.82, 2.24) is 0 Å². The van der Waals surface area contributed by atoms with Crippen LogP contribution in [0, 0.1) is 11.6 Å².